The van der Waals surface area contributed by atoms with Gasteiger partial charge < -0.3 is 15.7 Å². The molecule has 0 saturated heterocycles. The molecular formula is C16H22N2O3. The van der Waals surface area contributed by atoms with Gasteiger partial charge in [0.15, 0.2) is 0 Å². The first-order valence-corrected chi connectivity index (χ1v) is 7.42. The number of aromatic carboxylic acids is 1. The number of anilines is 1. The van der Waals surface area contributed by atoms with E-state index in [0.29, 0.717) is 24.9 Å². The van der Waals surface area contributed by atoms with E-state index in [1.54, 1.807) is 17.0 Å². The number of carbonyl (C=O) groups is 2. The highest BCUT2D eigenvalue weighted by Crippen LogP contribution is 2.30. The van der Waals surface area contributed by atoms with E-state index < -0.39 is 5.97 Å². The summed E-state index contributed by atoms with van der Waals surface area (Å²) in [6, 6.07) is 5.25. The zero-order valence-corrected chi connectivity index (χ0v) is 12.3. The number of benzene rings is 1. The molecule has 1 aromatic rings. The lowest BCUT2D eigenvalue weighted by Crippen LogP contribution is -2.36. The molecule has 0 bridgehead atoms. The Morgan fingerprint density at radius 3 is 2.86 bits per heavy atom. The first-order valence-electron chi connectivity index (χ1n) is 7.42. The molecule has 0 radical (unpaired) electrons. The van der Waals surface area contributed by atoms with E-state index in [9.17, 15) is 14.7 Å². The highest BCUT2D eigenvalue weighted by Gasteiger charge is 2.25. The second kappa shape index (κ2) is 6.72. The van der Waals surface area contributed by atoms with Crippen molar-refractivity contribution < 1.29 is 14.7 Å². The molecule has 0 fully saturated rings. The van der Waals surface area contributed by atoms with Crippen LogP contribution in [0.1, 0.15) is 48.5 Å². The SMILES string of the molecule is CC(N)CCCC(=O)N1CCCc2c(C(=O)O)cccc21. The van der Waals surface area contributed by atoms with Gasteiger partial charge in [0.2, 0.25) is 5.91 Å². The molecule has 0 aromatic heterocycles. The van der Waals surface area contributed by atoms with Gasteiger partial charge in [-0.25, -0.2) is 4.79 Å². The van der Waals surface area contributed by atoms with Crippen molar-refractivity contribution >= 4 is 17.6 Å². The number of rotatable bonds is 5. The van der Waals surface area contributed by atoms with Gasteiger partial charge in [-0.3, -0.25) is 4.79 Å². The van der Waals surface area contributed by atoms with Crippen LogP contribution in [0.3, 0.4) is 0 Å². The van der Waals surface area contributed by atoms with Crippen LogP contribution >= 0.6 is 0 Å². The first kappa shape index (κ1) is 15.5. The van der Waals surface area contributed by atoms with Crippen LogP contribution in [0, 0.1) is 0 Å². The van der Waals surface area contributed by atoms with Crippen molar-refractivity contribution in [3.05, 3.63) is 29.3 Å². The summed E-state index contributed by atoms with van der Waals surface area (Å²) in [6.45, 7) is 2.59. The lowest BCUT2D eigenvalue weighted by atomic mass is 9.96. The average Bonchev–Trinajstić information content (AvgIpc) is 2.45. The molecule has 5 heteroatoms. The molecule has 3 N–H and O–H groups in total. The summed E-state index contributed by atoms with van der Waals surface area (Å²) in [5.41, 5.74) is 7.53. The van der Waals surface area contributed by atoms with E-state index in [-0.39, 0.29) is 11.9 Å². The highest BCUT2D eigenvalue weighted by atomic mass is 16.4. The van der Waals surface area contributed by atoms with Crippen LogP contribution < -0.4 is 10.6 Å². The van der Waals surface area contributed by atoms with Crippen molar-refractivity contribution in [2.75, 3.05) is 11.4 Å². The second-order valence-corrected chi connectivity index (χ2v) is 5.63. The van der Waals surface area contributed by atoms with E-state index in [2.05, 4.69) is 0 Å². The lowest BCUT2D eigenvalue weighted by Gasteiger charge is -2.30. The number of carboxylic acid groups (broad SMARTS) is 1. The van der Waals surface area contributed by atoms with Gasteiger partial charge in [-0.2, -0.15) is 0 Å². The van der Waals surface area contributed by atoms with Crippen molar-refractivity contribution in [3.8, 4) is 0 Å². The van der Waals surface area contributed by atoms with Crippen LogP contribution in [0.5, 0.6) is 0 Å². The number of hydrogen-bond donors (Lipinski definition) is 2. The van der Waals surface area contributed by atoms with Crippen LogP contribution in [0.2, 0.25) is 0 Å². The maximum absolute atomic E-state index is 12.4. The quantitative estimate of drug-likeness (QED) is 0.870. The third kappa shape index (κ3) is 3.61. The minimum atomic E-state index is -0.932. The molecule has 1 amide bonds. The van der Waals surface area contributed by atoms with E-state index in [1.165, 1.54) is 0 Å². The van der Waals surface area contributed by atoms with E-state index in [0.717, 1.165) is 30.5 Å². The molecule has 0 aliphatic carbocycles. The number of carbonyl (C=O) groups excluding carboxylic acids is 1. The Labute approximate surface area is 124 Å². The van der Waals surface area contributed by atoms with Crippen LogP contribution in [-0.4, -0.2) is 29.6 Å². The van der Waals surface area contributed by atoms with Crippen molar-refractivity contribution in [1.29, 1.82) is 0 Å². The molecule has 1 heterocycles. The summed E-state index contributed by atoms with van der Waals surface area (Å²) in [4.78, 5) is 25.4. The van der Waals surface area contributed by atoms with Crippen LogP contribution in [0.25, 0.3) is 0 Å². The number of nitrogens with zero attached hydrogens (tertiary/aromatic N) is 1. The Morgan fingerprint density at radius 2 is 2.19 bits per heavy atom. The molecule has 2 rings (SSSR count). The maximum atomic E-state index is 12.4. The summed E-state index contributed by atoms with van der Waals surface area (Å²) >= 11 is 0. The van der Waals surface area contributed by atoms with E-state index >= 15 is 0 Å². The zero-order valence-electron chi connectivity index (χ0n) is 12.3. The predicted octanol–water partition coefficient (Wildman–Crippen LogP) is 2.18. The molecule has 5 nitrogen and oxygen atoms in total. The van der Waals surface area contributed by atoms with Crippen molar-refractivity contribution in [2.45, 2.75) is 45.1 Å². The van der Waals surface area contributed by atoms with Gasteiger partial charge in [-0.15, -0.1) is 0 Å². The Balaban J connectivity index is 2.16. The fraction of sp³-hybridized carbons (Fsp3) is 0.500. The molecule has 1 atom stereocenters. The van der Waals surface area contributed by atoms with Gasteiger partial charge in [-0.1, -0.05) is 6.07 Å². The molecule has 0 spiro atoms. The molecule has 1 aliphatic rings. The zero-order chi connectivity index (χ0) is 15.4. The van der Waals surface area contributed by atoms with Gasteiger partial charge in [0.1, 0.15) is 0 Å². The average molecular weight is 290 g/mol. The maximum Gasteiger partial charge on any atom is 0.336 e. The standard InChI is InChI=1S/C16H22N2O3/c1-11(17)5-2-9-15(19)18-10-4-7-12-13(16(20)21)6-3-8-14(12)18/h3,6,8,11H,2,4-5,7,9-10,17H2,1H3,(H,20,21). The summed E-state index contributed by atoms with van der Waals surface area (Å²) in [5, 5.41) is 9.25. The molecule has 1 aromatic carbocycles. The minimum absolute atomic E-state index is 0.0548. The summed E-state index contributed by atoms with van der Waals surface area (Å²) in [7, 11) is 0. The Morgan fingerprint density at radius 1 is 1.43 bits per heavy atom. The minimum Gasteiger partial charge on any atom is -0.478 e. The third-order valence-electron chi connectivity index (χ3n) is 3.83. The molecular weight excluding hydrogens is 268 g/mol. The fourth-order valence-electron chi connectivity index (χ4n) is 2.79. The highest BCUT2D eigenvalue weighted by molar-refractivity contribution is 5.98. The Kier molecular flexibility index (Phi) is 4.96. The summed E-state index contributed by atoms with van der Waals surface area (Å²) in [6.07, 6.45) is 3.55. The molecule has 1 aliphatic heterocycles. The molecule has 21 heavy (non-hydrogen) atoms. The number of nitrogens with two attached hydrogens (primary N) is 1. The topological polar surface area (TPSA) is 83.6 Å². The molecule has 114 valence electrons. The Bertz CT molecular complexity index is 540. The predicted molar refractivity (Wildman–Crippen MR) is 81.6 cm³/mol. The van der Waals surface area contributed by atoms with Crippen LogP contribution in [0.4, 0.5) is 5.69 Å². The molecule has 0 saturated carbocycles. The van der Waals surface area contributed by atoms with Gasteiger partial charge in [0.25, 0.3) is 0 Å². The number of fused-ring (bicyclic) bond motifs is 1. The van der Waals surface area contributed by atoms with Crippen LogP contribution in [0.15, 0.2) is 18.2 Å². The molecule has 1 unspecified atom stereocenters. The third-order valence-corrected chi connectivity index (χ3v) is 3.83. The van der Waals surface area contributed by atoms with Gasteiger partial charge >= 0.3 is 5.97 Å². The van der Waals surface area contributed by atoms with Gasteiger partial charge in [-0.05, 0) is 50.3 Å². The monoisotopic (exact) mass is 290 g/mol. The van der Waals surface area contributed by atoms with E-state index in [1.807, 2.05) is 13.0 Å². The van der Waals surface area contributed by atoms with Crippen molar-refractivity contribution in [2.24, 2.45) is 5.73 Å². The van der Waals surface area contributed by atoms with Crippen molar-refractivity contribution in [1.82, 2.24) is 0 Å². The largest absolute Gasteiger partial charge is 0.478 e. The normalized spacial score (nSPS) is 15.4. The lowest BCUT2D eigenvalue weighted by molar-refractivity contribution is -0.118. The van der Waals surface area contributed by atoms with Crippen LogP contribution in [-0.2, 0) is 11.2 Å². The van der Waals surface area contributed by atoms with Gasteiger partial charge in [0.05, 0.1) is 5.56 Å². The number of carboxylic acids is 1. The van der Waals surface area contributed by atoms with Crippen molar-refractivity contribution in [3.63, 3.8) is 0 Å². The first-order chi connectivity index (χ1) is 10.0. The van der Waals surface area contributed by atoms with E-state index in [4.69, 9.17) is 5.73 Å². The van der Waals surface area contributed by atoms with Gasteiger partial charge in [0, 0.05) is 24.7 Å². The summed E-state index contributed by atoms with van der Waals surface area (Å²) < 4.78 is 0. The fourth-order valence-corrected chi connectivity index (χ4v) is 2.79. The second-order valence-electron chi connectivity index (χ2n) is 5.63. The smallest absolute Gasteiger partial charge is 0.336 e. The number of amides is 1. The number of hydrogen-bond acceptors (Lipinski definition) is 3. The summed E-state index contributed by atoms with van der Waals surface area (Å²) in [5.74, 6) is -0.878. The Hall–Kier alpha value is -1.88.